The van der Waals surface area contributed by atoms with Crippen LogP contribution in [0.5, 0.6) is 5.75 Å². The lowest BCUT2D eigenvalue weighted by Gasteiger charge is -2.20. The van der Waals surface area contributed by atoms with E-state index in [1.54, 1.807) is 35.8 Å². The summed E-state index contributed by atoms with van der Waals surface area (Å²) in [5, 5.41) is 30.8. The van der Waals surface area contributed by atoms with E-state index in [0.717, 1.165) is 6.07 Å². The van der Waals surface area contributed by atoms with Crippen molar-refractivity contribution in [1.29, 1.82) is 0 Å². The van der Waals surface area contributed by atoms with Crippen LogP contribution in [0.2, 0.25) is 0 Å². The van der Waals surface area contributed by atoms with E-state index < -0.39 is 17.2 Å². The Bertz CT molecular complexity index is 1420. The Hall–Kier alpha value is -3.71. The van der Waals surface area contributed by atoms with Crippen molar-refractivity contribution in [3.63, 3.8) is 0 Å². The number of carboxylic acids is 1. The first-order valence-corrected chi connectivity index (χ1v) is 10.5. The molecular weight excluding hydrogens is 428 g/mol. The number of benzene rings is 3. The van der Waals surface area contributed by atoms with Crippen LogP contribution in [0.3, 0.4) is 0 Å². The first-order valence-electron chi connectivity index (χ1n) is 10.5. The predicted octanol–water partition coefficient (Wildman–Crippen LogP) is 5.31. The summed E-state index contributed by atoms with van der Waals surface area (Å²) in [7, 11) is 0. The molecule has 168 valence electrons. The molecule has 3 aromatic carbocycles. The highest BCUT2D eigenvalue weighted by Gasteiger charge is 2.49. The van der Waals surface area contributed by atoms with Crippen LogP contribution < -0.4 is 0 Å². The minimum Gasteiger partial charge on any atom is -0.507 e. The summed E-state index contributed by atoms with van der Waals surface area (Å²) in [4.78, 5) is 11.3. The first kappa shape index (κ1) is 21.2. The maximum Gasteiger partial charge on any atom is 0.335 e. The van der Waals surface area contributed by atoms with Crippen molar-refractivity contribution in [2.24, 2.45) is 0 Å². The number of aliphatic hydroxyl groups excluding tert-OH is 1. The van der Waals surface area contributed by atoms with Crippen LogP contribution in [0, 0.1) is 18.6 Å². The van der Waals surface area contributed by atoms with E-state index in [1.165, 1.54) is 24.3 Å². The summed E-state index contributed by atoms with van der Waals surface area (Å²) in [5.74, 6) is -2.34. The lowest BCUT2D eigenvalue weighted by molar-refractivity contribution is 0.0697. The molecule has 5 rings (SSSR count). The zero-order valence-electron chi connectivity index (χ0n) is 17.8. The fraction of sp³-hybridized carbons (Fsp3) is 0.192. The van der Waals surface area contributed by atoms with Gasteiger partial charge >= 0.3 is 5.97 Å². The van der Waals surface area contributed by atoms with Crippen molar-refractivity contribution in [3.8, 4) is 22.6 Å². The van der Waals surface area contributed by atoms with Crippen LogP contribution >= 0.6 is 0 Å². The maximum atomic E-state index is 14.5. The molecule has 5 nitrogen and oxygen atoms in total. The zero-order chi connectivity index (χ0) is 23.5. The number of nitrogens with zero attached hydrogens (tertiary/aromatic N) is 1. The number of aromatic hydroxyl groups is 1. The molecule has 0 saturated heterocycles. The van der Waals surface area contributed by atoms with Gasteiger partial charge < -0.3 is 19.9 Å². The van der Waals surface area contributed by atoms with Gasteiger partial charge in [0.05, 0.1) is 23.1 Å². The number of aliphatic hydroxyl groups is 1. The number of hydrogen-bond donors (Lipinski definition) is 3. The average Bonchev–Trinajstić information content (AvgIpc) is 3.50. The Morgan fingerprint density at radius 2 is 1.76 bits per heavy atom. The minimum absolute atomic E-state index is 0.108. The summed E-state index contributed by atoms with van der Waals surface area (Å²) in [6, 6.07) is 13.1. The number of halogens is 2. The van der Waals surface area contributed by atoms with Crippen LogP contribution in [-0.4, -0.2) is 32.5 Å². The molecule has 0 amide bonds. The molecule has 33 heavy (non-hydrogen) atoms. The molecule has 1 aliphatic carbocycles. The number of aryl methyl sites for hydroxylation is 1. The van der Waals surface area contributed by atoms with Crippen molar-refractivity contribution < 1.29 is 28.9 Å². The highest BCUT2D eigenvalue weighted by Crippen LogP contribution is 2.55. The molecule has 1 fully saturated rings. The number of carbonyl (C=O) groups is 1. The standard InChI is InChI=1S/C26H21F2NO4/c1-14-10-18(6-7-19(14)28)29-20-11-17(27)12-21(31)23(20)22(24(29)26(13-30)8-9-26)15-2-4-16(5-3-15)25(32)33/h2-7,10-12,30-31H,8-9,13H2,1H3,(H,32,33). The van der Waals surface area contributed by atoms with Crippen molar-refractivity contribution in [3.05, 3.63) is 83.1 Å². The van der Waals surface area contributed by atoms with E-state index in [2.05, 4.69) is 0 Å². The molecular formula is C26H21F2NO4. The highest BCUT2D eigenvalue weighted by molar-refractivity contribution is 6.04. The van der Waals surface area contributed by atoms with Gasteiger partial charge in [0.25, 0.3) is 0 Å². The van der Waals surface area contributed by atoms with Gasteiger partial charge in [0.15, 0.2) is 0 Å². The second-order valence-electron chi connectivity index (χ2n) is 8.63. The summed E-state index contributed by atoms with van der Waals surface area (Å²) in [6.45, 7) is 1.47. The smallest absolute Gasteiger partial charge is 0.335 e. The number of hydrogen-bond acceptors (Lipinski definition) is 3. The van der Waals surface area contributed by atoms with Gasteiger partial charge in [-0.1, -0.05) is 12.1 Å². The van der Waals surface area contributed by atoms with Crippen molar-refractivity contribution in [2.75, 3.05) is 6.61 Å². The fourth-order valence-corrected chi connectivity index (χ4v) is 4.58. The molecule has 1 heterocycles. The topological polar surface area (TPSA) is 82.7 Å². The lowest BCUT2D eigenvalue weighted by atomic mass is 9.92. The SMILES string of the molecule is Cc1cc(-n2c(C3(CO)CC3)c(-c3ccc(C(=O)O)cc3)c3c(O)cc(F)cc32)ccc1F. The Balaban J connectivity index is 1.93. The minimum atomic E-state index is -1.06. The Morgan fingerprint density at radius 1 is 1.06 bits per heavy atom. The van der Waals surface area contributed by atoms with Crippen LogP contribution in [0.1, 0.15) is 34.5 Å². The molecule has 4 aromatic rings. The fourth-order valence-electron chi connectivity index (χ4n) is 4.58. The van der Waals surface area contributed by atoms with Gasteiger partial charge in [0.2, 0.25) is 0 Å². The van der Waals surface area contributed by atoms with Crippen molar-refractivity contribution in [2.45, 2.75) is 25.2 Å². The number of carboxylic acid groups (broad SMARTS) is 1. The average molecular weight is 449 g/mol. The van der Waals surface area contributed by atoms with Crippen LogP contribution in [-0.2, 0) is 5.41 Å². The van der Waals surface area contributed by atoms with E-state index in [1.807, 2.05) is 0 Å². The lowest BCUT2D eigenvalue weighted by Crippen LogP contribution is -2.18. The molecule has 1 aromatic heterocycles. The molecule has 1 aliphatic rings. The molecule has 3 N–H and O–H groups in total. The molecule has 0 aliphatic heterocycles. The van der Waals surface area contributed by atoms with E-state index in [9.17, 15) is 28.9 Å². The van der Waals surface area contributed by atoms with E-state index in [4.69, 9.17) is 0 Å². The number of fused-ring (bicyclic) bond motifs is 1. The highest BCUT2D eigenvalue weighted by atomic mass is 19.1. The number of aromatic nitrogens is 1. The summed E-state index contributed by atoms with van der Waals surface area (Å²) in [5.41, 5.74) is 2.74. The van der Waals surface area contributed by atoms with Gasteiger partial charge in [0.1, 0.15) is 17.4 Å². The predicted molar refractivity (Wildman–Crippen MR) is 120 cm³/mol. The molecule has 1 saturated carbocycles. The molecule has 0 spiro atoms. The van der Waals surface area contributed by atoms with Crippen LogP contribution in [0.25, 0.3) is 27.7 Å². The van der Waals surface area contributed by atoms with Crippen molar-refractivity contribution in [1.82, 2.24) is 4.57 Å². The van der Waals surface area contributed by atoms with Gasteiger partial charge in [-0.15, -0.1) is 0 Å². The monoisotopic (exact) mass is 449 g/mol. The Morgan fingerprint density at radius 3 is 2.33 bits per heavy atom. The third kappa shape index (κ3) is 3.27. The van der Waals surface area contributed by atoms with E-state index in [0.29, 0.717) is 51.8 Å². The van der Waals surface area contributed by atoms with E-state index in [-0.39, 0.29) is 23.7 Å². The largest absolute Gasteiger partial charge is 0.507 e. The van der Waals surface area contributed by atoms with Crippen LogP contribution in [0.15, 0.2) is 54.6 Å². The Kier molecular flexibility index (Phi) is 4.76. The van der Waals surface area contributed by atoms with Gasteiger partial charge in [-0.3, -0.25) is 0 Å². The molecule has 7 heteroatoms. The summed E-state index contributed by atoms with van der Waals surface area (Å²) in [6.07, 6.45) is 1.37. The van der Waals surface area contributed by atoms with Gasteiger partial charge in [-0.25, -0.2) is 13.6 Å². The normalized spacial score (nSPS) is 14.5. The van der Waals surface area contributed by atoms with E-state index >= 15 is 0 Å². The third-order valence-corrected chi connectivity index (χ3v) is 6.49. The molecule has 0 radical (unpaired) electrons. The Labute approximate surface area is 188 Å². The molecule has 0 bridgehead atoms. The first-order chi connectivity index (χ1) is 15.8. The quantitative estimate of drug-likeness (QED) is 0.386. The number of aromatic carboxylic acids is 1. The van der Waals surface area contributed by atoms with Crippen LogP contribution in [0.4, 0.5) is 8.78 Å². The maximum absolute atomic E-state index is 14.5. The van der Waals surface area contributed by atoms with Crippen molar-refractivity contribution >= 4 is 16.9 Å². The number of rotatable bonds is 5. The van der Waals surface area contributed by atoms with Gasteiger partial charge in [-0.2, -0.15) is 0 Å². The zero-order valence-corrected chi connectivity index (χ0v) is 17.8. The number of phenolic OH excluding ortho intramolecular Hbond substituents is 1. The van der Waals surface area contributed by atoms with Gasteiger partial charge in [-0.05, 0) is 67.3 Å². The molecule has 0 atom stereocenters. The second-order valence-corrected chi connectivity index (χ2v) is 8.63. The number of phenols is 1. The summed E-state index contributed by atoms with van der Waals surface area (Å²) < 4.78 is 30.3. The third-order valence-electron chi connectivity index (χ3n) is 6.49. The summed E-state index contributed by atoms with van der Waals surface area (Å²) >= 11 is 0. The second kappa shape index (κ2) is 7.42. The van der Waals surface area contributed by atoms with Gasteiger partial charge in [0, 0.05) is 28.4 Å². The molecule has 0 unspecified atom stereocenters.